The number of benzene rings is 3. The first-order valence-corrected chi connectivity index (χ1v) is 9.83. The van der Waals surface area contributed by atoms with E-state index < -0.39 is 29.6 Å². The number of nitrogens with one attached hydrogen (secondary N) is 2. The van der Waals surface area contributed by atoms with Gasteiger partial charge >= 0.3 is 5.97 Å². The van der Waals surface area contributed by atoms with Crippen LogP contribution in [0.15, 0.2) is 90.6 Å². The summed E-state index contributed by atoms with van der Waals surface area (Å²) >= 11 is 0. The number of aliphatic carboxylic acids is 1. The van der Waals surface area contributed by atoms with Crippen LogP contribution in [0.25, 0.3) is 6.08 Å². The summed E-state index contributed by atoms with van der Waals surface area (Å²) in [6.45, 7) is 0. The summed E-state index contributed by atoms with van der Waals surface area (Å²) in [5, 5.41) is 14.6. The fraction of sp³-hybridized carbons (Fsp3) is 0.0800. The van der Waals surface area contributed by atoms with Crippen molar-refractivity contribution in [2.45, 2.75) is 12.5 Å². The van der Waals surface area contributed by atoms with Crippen molar-refractivity contribution in [3.05, 3.63) is 113 Å². The van der Waals surface area contributed by atoms with Crippen LogP contribution >= 0.6 is 0 Å². The minimum absolute atomic E-state index is 0.0678. The first-order chi connectivity index (χ1) is 15.4. The molecule has 0 radical (unpaired) electrons. The Hall–Kier alpha value is -4.26. The van der Waals surface area contributed by atoms with Gasteiger partial charge < -0.3 is 15.7 Å². The molecule has 0 bridgehead atoms. The number of hydrogen-bond acceptors (Lipinski definition) is 3. The molecule has 0 aliphatic carbocycles. The Kier molecular flexibility index (Phi) is 7.48. The third kappa shape index (κ3) is 6.37. The first-order valence-electron chi connectivity index (χ1n) is 9.83. The molecule has 2 amide bonds. The summed E-state index contributed by atoms with van der Waals surface area (Å²) in [7, 11) is 0. The molecule has 1 atom stereocenters. The predicted octanol–water partition coefficient (Wildman–Crippen LogP) is 3.41. The summed E-state index contributed by atoms with van der Waals surface area (Å²) in [6.07, 6.45) is 1.43. The van der Waals surface area contributed by atoms with E-state index in [2.05, 4.69) is 10.6 Å². The van der Waals surface area contributed by atoms with Crippen molar-refractivity contribution in [1.82, 2.24) is 10.6 Å². The highest BCUT2D eigenvalue weighted by Crippen LogP contribution is 2.10. The number of carbonyl (C=O) groups is 3. The van der Waals surface area contributed by atoms with Crippen molar-refractivity contribution in [3.63, 3.8) is 0 Å². The minimum Gasteiger partial charge on any atom is -0.480 e. The van der Waals surface area contributed by atoms with E-state index in [9.17, 15) is 23.9 Å². The molecule has 0 aliphatic rings. The second kappa shape index (κ2) is 10.7. The van der Waals surface area contributed by atoms with Crippen molar-refractivity contribution in [2.24, 2.45) is 0 Å². The first kappa shape index (κ1) is 22.4. The Bertz CT molecular complexity index is 1110. The van der Waals surface area contributed by atoms with Crippen molar-refractivity contribution in [2.75, 3.05) is 0 Å². The lowest BCUT2D eigenvalue weighted by atomic mass is 10.1. The topological polar surface area (TPSA) is 95.5 Å². The summed E-state index contributed by atoms with van der Waals surface area (Å²) in [4.78, 5) is 37.3. The number of carboxylic acid groups (broad SMARTS) is 1. The zero-order valence-electron chi connectivity index (χ0n) is 17.0. The van der Waals surface area contributed by atoms with E-state index >= 15 is 0 Å². The van der Waals surface area contributed by atoms with Gasteiger partial charge in [-0.1, -0.05) is 60.7 Å². The Balaban J connectivity index is 1.85. The molecule has 3 rings (SSSR count). The van der Waals surface area contributed by atoms with Gasteiger partial charge in [-0.25, -0.2) is 9.18 Å². The minimum atomic E-state index is -1.21. The van der Waals surface area contributed by atoms with Crippen LogP contribution in [0.4, 0.5) is 4.39 Å². The van der Waals surface area contributed by atoms with Gasteiger partial charge in [0.15, 0.2) is 0 Å². The normalized spacial score (nSPS) is 12.0. The molecule has 32 heavy (non-hydrogen) atoms. The molecule has 7 heteroatoms. The van der Waals surface area contributed by atoms with Gasteiger partial charge in [0.2, 0.25) is 0 Å². The van der Waals surface area contributed by atoms with E-state index in [4.69, 9.17) is 0 Å². The number of hydrogen-bond donors (Lipinski definition) is 3. The van der Waals surface area contributed by atoms with Crippen molar-refractivity contribution in [3.8, 4) is 0 Å². The molecule has 3 N–H and O–H groups in total. The van der Waals surface area contributed by atoms with Gasteiger partial charge in [-0.2, -0.15) is 0 Å². The monoisotopic (exact) mass is 432 g/mol. The maximum atomic E-state index is 13.2. The van der Waals surface area contributed by atoms with Crippen LogP contribution in [0.5, 0.6) is 0 Å². The van der Waals surface area contributed by atoms with E-state index in [1.165, 1.54) is 30.3 Å². The number of halogens is 1. The fourth-order valence-corrected chi connectivity index (χ4v) is 2.95. The average molecular weight is 432 g/mol. The lowest BCUT2D eigenvalue weighted by molar-refractivity contribution is -0.141. The van der Waals surface area contributed by atoms with Gasteiger partial charge in [0.25, 0.3) is 11.8 Å². The molecule has 3 aromatic carbocycles. The fourth-order valence-electron chi connectivity index (χ4n) is 2.95. The zero-order chi connectivity index (χ0) is 22.9. The number of carbonyl (C=O) groups excluding carboxylic acids is 2. The third-order valence-corrected chi connectivity index (χ3v) is 4.60. The highest BCUT2D eigenvalue weighted by molar-refractivity contribution is 6.06. The van der Waals surface area contributed by atoms with Crippen molar-refractivity contribution in [1.29, 1.82) is 0 Å². The van der Waals surface area contributed by atoms with Crippen LogP contribution in [-0.2, 0) is 16.0 Å². The molecule has 0 saturated heterocycles. The molecule has 6 nitrogen and oxygen atoms in total. The van der Waals surface area contributed by atoms with Crippen LogP contribution < -0.4 is 10.6 Å². The highest BCUT2D eigenvalue weighted by Gasteiger charge is 2.23. The maximum absolute atomic E-state index is 13.2. The highest BCUT2D eigenvalue weighted by atomic mass is 19.1. The van der Waals surface area contributed by atoms with Crippen LogP contribution in [0, 0.1) is 5.82 Å². The van der Waals surface area contributed by atoms with Crippen LogP contribution in [0.2, 0.25) is 0 Å². The van der Waals surface area contributed by atoms with Crippen molar-refractivity contribution >= 4 is 23.9 Å². The van der Waals surface area contributed by atoms with Crippen LogP contribution in [-0.4, -0.2) is 28.9 Å². The SMILES string of the molecule is O=C(N[C@H](Cc1ccccc1)C(=O)O)/C(=C/c1ccc(F)cc1)NC(=O)c1ccccc1. The van der Waals surface area contributed by atoms with E-state index in [-0.39, 0.29) is 12.1 Å². The van der Waals surface area contributed by atoms with Gasteiger partial charge in [0.1, 0.15) is 17.6 Å². The van der Waals surface area contributed by atoms with Gasteiger partial charge in [0, 0.05) is 12.0 Å². The van der Waals surface area contributed by atoms with E-state index in [0.717, 1.165) is 5.56 Å². The predicted molar refractivity (Wildman–Crippen MR) is 118 cm³/mol. The third-order valence-electron chi connectivity index (χ3n) is 4.60. The van der Waals surface area contributed by atoms with Gasteiger partial charge in [-0.3, -0.25) is 9.59 Å². The van der Waals surface area contributed by atoms with Crippen LogP contribution in [0.3, 0.4) is 0 Å². The Morgan fingerprint density at radius 3 is 2.06 bits per heavy atom. The molecule has 0 heterocycles. The number of rotatable bonds is 8. The number of amides is 2. The molecule has 0 aromatic heterocycles. The van der Waals surface area contributed by atoms with Gasteiger partial charge in [-0.15, -0.1) is 0 Å². The molecule has 0 saturated carbocycles. The lowest BCUT2D eigenvalue weighted by Crippen LogP contribution is -2.45. The molecule has 3 aromatic rings. The molecular formula is C25H21FN2O4. The molecule has 0 fully saturated rings. The smallest absolute Gasteiger partial charge is 0.326 e. The zero-order valence-corrected chi connectivity index (χ0v) is 17.0. The molecule has 162 valence electrons. The molecule has 0 unspecified atom stereocenters. The molecule has 0 spiro atoms. The Labute approximate surface area is 184 Å². The quantitative estimate of drug-likeness (QED) is 0.476. The Morgan fingerprint density at radius 2 is 1.47 bits per heavy atom. The van der Waals surface area contributed by atoms with Gasteiger partial charge in [-0.05, 0) is 41.5 Å². The molecule has 0 aliphatic heterocycles. The second-order valence-corrected chi connectivity index (χ2v) is 6.98. The molecular weight excluding hydrogens is 411 g/mol. The average Bonchev–Trinajstić information content (AvgIpc) is 2.80. The maximum Gasteiger partial charge on any atom is 0.326 e. The number of carboxylic acids is 1. The van der Waals surface area contributed by atoms with Crippen molar-refractivity contribution < 1.29 is 23.9 Å². The summed E-state index contributed by atoms with van der Waals surface area (Å²) in [5.41, 5.74) is 1.35. The summed E-state index contributed by atoms with van der Waals surface area (Å²) in [6, 6.07) is 21.2. The lowest BCUT2D eigenvalue weighted by Gasteiger charge is -2.17. The van der Waals surface area contributed by atoms with Crippen LogP contribution in [0.1, 0.15) is 21.5 Å². The van der Waals surface area contributed by atoms with E-state index in [0.29, 0.717) is 11.1 Å². The standard InChI is InChI=1S/C25H21FN2O4/c26-20-13-11-18(12-14-20)15-21(27-23(29)19-9-5-2-6-10-19)24(30)28-22(25(31)32)16-17-7-3-1-4-8-17/h1-15,22H,16H2,(H,27,29)(H,28,30)(H,31,32)/b21-15-/t22-/m1/s1. The summed E-state index contributed by atoms with van der Waals surface area (Å²) < 4.78 is 13.2. The van der Waals surface area contributed by atoms with E-state index in [1.807, 2.05) is 0 Å². The Morgan fingerprint density at radius 1 is 0.875 bits per heavy atom. The summed E-state index contributed by atoms with van der Waals surface area (Å²) in [5.74, 6) is -2.97. The largest absolute Gasteiger partial charge is 0.480 e. The van der Waals surface area contributed by atoms with E-state index in [1.54, 1.807) is 60.7 Å². The second-order valence-electron chi connectivity index (χ2n) is 6.98. The van der Waals surface area contributed by atoms with Gasteiger partial charge in [0.05, 0.1) is 0 Å².